The summed E-state index contributed by atoms with van der Waals surface area (Å²) in [6, 6.07) is 1.78. The molecule has 1 N–H and O–H groups in total. The normalized spacial score (nSPS) is 11.6. The highest BCUT2D eigenvalue weighted by Crippen LogP contribution is 2.28. The Balaban J connectivity index is 2.93. The molecule has 0 unspecified atom stereocenters. The summed E-state index contributed by atoms with van der Waals surface area (Å²) in [5, 5.41) is 3.84. The quantitative estimate of drug-likeness (QED) is 0.792. The second-order valence-corrected chi connectivity index (χ2v) is 5.34. The molecule has 90 valence electrons. The maximum Gasteiger partial charge on any atom is 0.140 e. The molecule has 6 heteroatoms. The van der Waals surface area contributed by atoms with E-state index in [0.29, 0.717) is 22.6 Å². The van der Waals surface area contributed by atoms with Crippen molar-refractivity contribution in [2.24, 2.45) is 0 Å². The highest BCUT2D eigenvalue weighted by molar-refractivity contribution is 9.10. The Hall–Kier alpha value is 0.300. The van der Waals surface area contributed by atoms with Gasteiger partial charge in [0.25, 0.3) is 0 Å². The van der Waals surface area contributed by atoms with Crippen molar-refractivity contribution in [3.8, 4) is 0 Å². The van der Waals surface area contributed by atoms with Crippen molar-refractivity contribution in [2.45, 2.75) is 18.9 Å². The van der Waals surface area contributed by atoms with Crippen molar-refractivity contribution in [3.63, 3.8) is 0 Å². The average Bonchev–Trinajstić information content (AvgIpc) is 2.29. The lowest BCUT2D eigenvalue weighted by Gasteiger charge is -2.30. The first-order chi connectivity index (χ1) is 7.56. The van der Waals surface area contributed by atoms with Crippen LogP contribution in [0.25, 0.3) is 0 Å². The van der Waals surface area contributed by atoms with Gasteiger partial charge in [-0.25, -0.2) is 4.98 Å². The maximum atomic E-state index is 5.94. The van der Waals surface area contributed by atoms with Crippen molar-refractivity contribution in [1.29, 1.82) is 0 Å². The summed E-state index contributed by atoms with van der Waals surface area (Å²) < 4.78 is 0.799. The zero-order chi connectivity index (χ0) is 12.2. The second kappa shape index (κ2) is 6.29. The molecular weight excluding hydrogens is 334 g/mol. The fraction of sp³-hybridized carbons (Fsp3) is 0.500. The molecule has 16 heavy (non-hydrogen) atoms. The summed E-state index contributed by atoms with van der Waals surface area (Å²) in [6.45, 7) is 2.03. The number of pyridine rings is 1. The fourth-order valence-corrected chi connectivity index (χ4v) is 2.67. The summed E-state index contributed by atoms with van der Waals surface area (Å²) in [4.78, 5) is 4.20. The van der Waals surface area contributed by atoms with E-state index in [1.54, 1.807) is 12.3 Å². The Morgan fingerprint density at radius 2 is 2.06 bits per heavy atom. The number of alkyl halides is 2. The maximum absolute atomic E-state index is 5.94. The highest BCUT2D eigenvalue weighted by Gasteiger charge is 2.27. The van der Waals surface area contributed by atoms with Crippen LogP contribution >= 0.6 is 50.7 Å². The number of nitrogens with zero attached hydrogens (tertiary/aromatic N) is 1. The summed E-state index contributed by atoms with van der Waals surface area (Å²) in [6.07, 6.45) is 2.40. The third kappa shape index (κ3) is 3.39. The smallest absolute Gasteiger partial charge is 0.140 e. The third-order valence-electron chi connectivity index (χ3n) is 2.38. The van der Waals surface area contributed by atoms with E-state index < -0.39 is 0 Å². The van der Waals surface area contributed by atoms with Gasteiger partial charge in [-0.05, 0) is 28.4 Å². The fourth-order valence-electron chi connectivity index (χ4n) is 1.14. The largest absolute Gasteiger partial charge is 0.361 e. The first-order valence-electron chi connectivity index (χ1n) is 4.78. The predicted molar refractivity (Wildman–Crippen MR) is 75.0 cm³/mol. The van der Waals surface area contributed by atoms with Crippen LogP contribution in [0.15, 0.2) is 16.7 Å². The molecule has 0 saturated heterocycles. The van der Waals surface area contributed by atoms with E-state index in [0.717, 1.165) is 10.9 Å². The van der Waals surface area contributed by atoms with Crippen LogP contribution in [0.2, 0.25) is 5.02 Å². The Kier molecular flexibility index (Phi) is 5.65. The Morgan fingerprint density at radius 1 is 1.44 bits per heavy atom. The van der Waals surface area contributed by atoms with Crippen LogP contribution in [0.1, 0.15) is 13.3 Å². The number of rotatable bonds is 5. The lowest BCUT2D eigenvalue weighted by atomic mass is 10.0. The molecule has 1 heterocycles. The van der Waals surface area contributed by atoms with Gasteiger partial charge in [0, 0.05) is 18.0 Å². The molecule has 0 amide bonds. The van der Waals surface area contributed by atoms with Crippen molar-refractivity contribution in [3.05, 3.63) is 21.8 Å². The molecule has 1 rings (SSSR count). The summed E-state index contributed by atoms with van der Waals surface area (Å²) in [5.41, 5.74) is -0.341. The van der Waals surface area contributed by atoms with E-state index in [4.69, 9.17) is 34.8 Å². The first kappa shape index (κ1) is 14.4. The van der Waals surface area contributed by atoms with Gasteiger partial charge in [-0.1, -0.05) is 18.5 Å². The molecular formula is C10H12BrCl3N2. The van der Waals surface area contributed by atoms with Gasteiger partial charge < -0.3 is 5.32 Å². The van der Waals surface area contributed by atoms with E-state index in [9.17, 15) is 0 Å². The Labute approximate surface area is 119 Å². The first-order valence-corrected chi connectivity index (χ1v) is 7.02. The van der Waals surface area contributed by atoms with Gasteiger partial charge in [-0.3, -0.25) is 0 Å². The van der Waals surface area contributed by atoms with Gasteiger partial charge in [0.05, 0.1) is 15.0 Å². The summed E-state index contributed by atoms with van der Waals surface area (Å²) in [5.74, 6) is 1.54. The molecule has 0 aliphatic rings. The van der Waals surface area contributed by atoms with E-state index >= 15 is 0 Å². The van der Waals surface area contributed by atoms with Crippen LogP contribution in [-0.4, -0.2) is 22.3 Å². The predicted octanol–water partition coefficient (Wildman–Crippen LogP) is 4.54. The Morgan fingerprint density at radius 3 is 2.50 bits per heavy atom. The number of hydrogen-bond donors (Lipinski definition) is 1. The molecule has 2 nitrogen and oxygen atoms in total. The van der Waals surface area contributed by atoms with Gasteiger partial charge in [-0.15, -0.1) is 23.2 Å². The van der Waals surface area contributed by atoms with E-state index in [1.165, 1.54) is 0 Å². The molecule has 1 aromatic heterocycles. The van der Waals surface area contributed by atoms with Crippen LogP contribution in [0.5, 0.6) is 0 Å². The Bertz CT molecular complexity index is 348. The van der Waals surface area contributed by atoms with Crippen LogP contribution in [-0.2, 0) is 0 Å². The zero-order valence-electron chi connectivity index (χ0n) is 8.74. The number of nitrogens with one attached hydrogen (secondary N) is 1. The molecule has 0 spiro atoms. The van der Waals surface area contributed by atoms with Crippen LogP contribution in [0.3, 0.4) is 0 Å². The molecule has 0 aromatic carbocycles. The summed E-state index contributed by atoms with van der Waals surface area (Å²) in [7, 11) is 0. The standard InChI is InChI=1S/C10H12BrCl3N2/c1-2-10(5-12,6-13)16-9-8(11)3-7(14)4-15-9/h3-4H,2,5-6H2,1H3,(H,15,16). The SMILES string of the molecule is CCC(CCl)(CCl)Nc1ncc(Cl)cc1Br. The topological polar surface area (TPSA) is 24.9 Å². The third-order valence-corrected chi connectivity index (χ3v) is 4.21. The van der Waals surface area contributed by atoms with Gasteiger partial charge in [0.2, 0.25) is 0 Å². The van der Waals surface area contributed by atoms with E-state index in [1.807, 2.05) is 6.92 Å². The minimum atomic E-state index is -0.341. The van der Waals surface area contributed by atoms with Crippen LogP contribution in [0.4, 0.5) is 5.82 Å². The monoisotopic (exact) mass is 344 g/mol. The van der Waals surface area contributed by atoms with Crippen molar-refractivity contribution in [2.75, 3.05) is 17.1 Å². The molecule has 1 aromatic rings. The van der Waals surface area contributed by atoms with Crippen LogP contribution in [0, 0.1) is 0 Å². The number of hydrogen-bond acceptors (Lipinski definition) is 2. The minimum Gasteiger partial charge on any atom is -0.361 e. The van der Waals surface area contributed by atoms with Crippen molar-refractivity contribution in [1.82, 2.24) is 4.98 Å². The number of halogens is 4. The minimum absolute atomic E-state index is 0.341. The lowest BCUT2D eigenvalue weighted by molar-refractivity contribution is 0.557. The van der Waals surface area contributed by atoms with Crippen molar-refractivity contribution >= 4 is 56.6 Å². The molecule has 0 fully saturated rings. The van der Waals surface area contributed by atoms with Gasteiger partial charge >= 0.3 is 0 Å². The number of aromatic nitrogens is 1. The highest BCUT2D eigenvalue weighted by atomic mass is 79.9. The molecule has 0 aliphatic carbocycles. The molecule has 0 bridgehead atoms. The van der Waals surface area contributed by atoms with Gasteiger partial charge in [-0.2, -0.15) is 0 Å². The molecule has 0 saturated carbocycles. The lowest BCUT2D eigenvalue weighted by Crippen LogP contribution is -2.42. The average molecular weight is 346 g/mol. The van der Waals surface area contributed by atoms with Crippen LogP contribution < -0.4 is 5.32 Å². The van der Waals surface area contributed by atoms with Crippen molar-refractivity contribution < 1.29 is 0 Å². The second-order valence-electron chi connectivity index (χ2n) is 3.51. The summed E-state index contributed by atoms with van der Waals surface area (Å²) >= 11 is 21.1. The molecule has 0 radical (unpaired) electrons. The molecule has 0 aliphatic heterocycles. The van der Waals surface area contributed by atoms with E-state index in [-0.39, 0.29) is 5.54 Å². The molecule has 0 atom stereocenters. The number of anilines is 1. The van der Waals surface area contributed by atoms with E-state index in [2.05, 4.69) is 26.2 Å². The zero-order valence-corrected chi connectivity index (χ0v) is 12.6. The van der Waals surface area contributed by atoms with Gasteiger partial charge in [0.1, 0.15) is 5.82 Å². The van der Waals surface area contributed by atoms with Gasteiger partial charge in [0.15, 0.2) is 0 Å².